The van der Waals surface area contributed by atoms with Gasteiger partial charge in [0.2, 0.25) is 11.9 Å². The molecule has 0 aromatic carbocycles. The molecule has 0 aliphatic heterocycles. The van der Waals surface area contributed by atoms with Gasteiger partial charge in [0.15, 0.2) is 0 Å². The van der Waals surface area contributed by atoms with Crippen LogP contribution >= 0.6 is 11.9 Å². The third-order valence-corrected chi connectivity index (χ3v) is 3.36. The van der Waals surface area contributed by atoms with Crippen LogP contribution in [0.2, 0.25) is 5.54 Å². The summed E-state index contributed by atoms with van der Waals surface area (Å²) in [5.41, 5.74) is 0.824. The van der Waals surface area contributed by atoms with E-state index in [9.17, 15) is 0 Å². The highest BCUT2D eigenvalue weighted by molar-refractivity contribution is 6.48. The van der Waals surface area contributed by atoms with Crippen LogP contribution in [0.1, 0.15) is 25.7 Å². The van der Waals surface area contributed by atoms with Crippen molar-refractivity contribution in [1.82, 2.24) is 0 Å². The first kappa shape index (κ1) is 7.79. The maximum Gasteiger partial charge on any atom is 0.617 e. The average Bonchev–Trinajstić information content (AvgIpc) is 2.15. The lowest BCUT2D eigenvalue weighted by Crippen LogP contribution is -2.09. The lowest BCUT2D eigenvalue weighted by Gasteiger charge is -2.03. The Morgan fingerprint density at radius 3 is 2.44 bits per heavy atom. The van der Waals surface area contributed by atoms with Gasteiger partial charge in [0.25, 0.3) is 0 Å². The van der Waals surface area contributed by atoms with E-state index in [1.807, 2.05) is 0 Å². The van der Waals surface area contributed by atoms with Gasteiger partial charge in [-0.25, -0.2) is 0 Å². The summed E-state index contributed by atoms with van der Waals surface area (Å²) in [7, 11) is 3.83. The van der Waals surface area contributed by atoms with Crippen molar-refractivity contribution in [3.63, 3.8) is 0 Å². The molecule has 0 heterocycles. The second-order valence-electron chi connectivity index (χ2n) is 2.36. The molecule has 0 aromatic rings. The normalized spacial score (nSPS) is 21.7. The lowest BCUT2D eigenvalue weighted by atomic mass is 10.4. The molecule has 1 aliphatic carbocycles. The summed E-state index contributed by atoms with van der Waals surface area (Å²) in [6.45, 7) is 0. The minimum absolute atomic E-state index is 0.671. The van der Waals surface area contributed by atoms with Crippen molar-refractivity contribution in [3.8, 4) is 0 Å². The Morgan fingerprint density at radius 2 is 2.00 bits per heavy atom. The highest BCUT2D eigenvalue weighted by Crippen LogP contribution is 2.30. The van der Waals surface area contributed by atoms with E-state index in [0.717, 1.165) is 5.54 Å². The molecule has 1 rings (SSSR count). The largest absolute Gasteiger partial charge is 0.617 e. The van der Waals surface area contributed by atoms with Crippen LogP contribution in [0.3, 0.4) is 0 Å². The quantitative estimate of drug-likeness (QED) is 0.446. The van der Waals surface area contributed by atoms with Crippen molar-refractivity contribution in [1.29, 1.82) is 0 Å². The maximum atomic E-state index is 5.53. The highest BCUT2D eigenvalue weighted by Gasteiger charge is 2.26. The molecule has 9 heavy (non-hydrogen) atoms. The molecule has 49 valence electrons. The van der Waals surface area contributed by atoms with Crippen LogP contribution in [-0.2, 0) is 3.30 Å². The predicted molar refractivity (Wildman–Crippen MR) is 40.7 cm³/mol. The monoisotopic (exact) mass is 176 g/mol. The van der Waals surface area contributed by atoms with E-state index < -0.39 is 0 Å². The summed E-state index contributed by atoms with van der Waals surface area (Å²) >= 11 is 5.53. The molecule has 0 saturated heterocycles. The molecule has 0 bridgehead atoms. The molecule has 0 spiro atoms. The van der Waals surface area contributed by atoms with E-state index in [2.05, 4.69) is 13.8 Å². The van der Waals surface area contributed by atoms with E-state index in [4.69, 9.17) is 11.9 Å². The van der Waals surface area contributed by atoms with Gasteiger partial charge >= 0.3 is 20.2 Å². The van der Waals surface area contributed by atoms with Crippen LogP contribution in [-0.4, -0.2) is 20.2 Å². The fraction of sp³-hybridized carbons (Fsp3) is 1.00. The maximum absolute atomic E-state index is 5.53. The van der Waals surface area contributed by atoms with Crippen LogP contribution in [0, 0.1) is 0 Å². The molecule has 0 aromatic heterocycles. The Labute approximate surface area is 67.1 Å². The van der Waals surface area contributed by atoms with Crippen LogP contribution < -0.4 is 0 Å². The minimum Gasteiger partial charge on any atom is -0.481 e. The van der Waals surface area contributed by atoms with E-state index >= 15 is 0 Å². The van der Waals surface area contributed by atoms with Gasteiger partial charge in [-0.3, -0.25) is 0 Å². The van der Waals surface area contributed by atoms with Gasteiger partial charge < -0.3 is 3.30 Å². The predicted octanol–water partition coefficient (Wildman–Crippen LogP) is 1.76. The second-order valence-corrected chi connectivity index (χ2v) is 5.46. The van der Waals surface area contributed by atoms with Crippen LogP contribution in [0.15, 0.2) is 0 Å². The average molecular weight is 177 g/mol. The molecule has 1 nitrogen and oxygen atoms in total. The Bertz CT molecular complexity index is 83.0. The smallest absolute Gasteiger partial charge is 0.481 e. The molecule has 0 amide bonds. The molecule has 1 aliphatic rings. The highest BCUT2D eigenvalue weighted by atomic mass is 35.5. The summed E-state index contributed by atoms with van der Waals surface area (Å²) in [5.74, 6) is 0. The molecule has 5 radical (unpaired) electrons. The second kappa shape index (κ2) is 3.76. The third kappa shape index (κ3) is 2.84. The molecule has 4 heteroatoms. The molecular formula is C5H9ClOSi2+. The number of hydrogen-bond acceptors (Lipinski definition) is 0. The number of rotatable bonds is 2. The zero-order valence-corrected chi connectivity index (χ0v) is 7.95. The SMILES string of the molecule is [Si][O+](Cl)[Si]C1CCCC1. The van der Waals surface area contributed by atoms with Gasteiger partial charge in [-0.05, 0) is 12.8 Å². The first-order chi connectivity index (χ1) is 4.29. The van der Waals surface area contributed by atoms with Crippen molar-refractivity contribution < 1.29 is 3.30 Å². The van der Waals surface area contributed by atoms with Crippen molar-refractivity contribution in [2.75, 3.05) is 0 Å². The Balaban J connectivity index is 2.11. The van der Waals surface area contributed by atoms with Gasteiger partial charge in [0.1, 0.15) is 0 Å². The number of halogens is 1. The molecule has 0 N–H and O–H groups in total. The van der Waals surface area contributed by atoms with Crippen molar-refractivity contribution in [2.24, 2.45) is 0 Å². The van der Waals surface area contributed by atoms with Crippen molar-refractivity contribution >= 4 is 32.1 Å². The Hall–Kier alpha value is 0.684. The summed E-state index contributed by atoms with van der Waals surface area (Å²) in [6.07, 6.45) is 5.46. The summed E-state index contributed by atoms with van der Waals surface area (Å²) in [4.78, 5) is 0. The van der Waals surface area contributed by atoms with Gasteiger partial charge in [0, 0.05) is 5.54 Å². The Kier molecular flexibility index (Phi) is 3.25. The van der Waals surface area contributed by atoms with Crippen molar-refractivity contribution in [3.05, 3.63) is 0 Å². The zero-order valence-electron chi connectivity index (χ0n) is 5.19. The lowest BCUT2D eigenvalue weighted by molar-refractivity contribution is 0.478. The third-order valence-electron chi connectivity index (χ3n) is 1.63. The molecule has 0 atom stereocenters. The minimum atomic E-state index is 0.671. The molecule has 0 unspecified atom stereocenters. The van der Waals surface area contributed by atoms with Crippen molar-refractivity contribution in [2.45, 2.75) is 31.2 Å². The zero-order chi connectivity index (χ0) is 6.69. The topological polar surface area (TPSA) is 2.70 Å². The fourth-order valence-electron chi connectivity index (χ4n) is 1.19. The van der Waals surface area contributed by atoms with Gasteiger partial charge in [-0.2, -0.15) is 0 Å². The standard InChI is InChI=1S/C5H9ClOSi2/c6-7(8)9-5-3-1-2-4-5/h5H,1-4H2/q+1. The molecule has 1 saturated carbocycles. The van der Waals surface area contributed by atoms with Crippen LogP contribution in [0.5, 0.6) is 0 Å². The van der Waals surface area contributed by atoms with Crippen LogP contribution in [0.25, 0.3) is 0 Å². The fourth-order valence-corrected chi connectivity index (χ4v) is 3.00. The van der Waals surface area contributed by atoms with Crippen LogP contribution in [0.4, 0.5) is 0 Å². The number of hydrogen-bond donors (Lipinski definition) is 0. The van der Waals surface area contributed by atoms with E-state index in [0.29, 0.717) is 9.76 Å². The molecule has 1 fully saturated rings. The van der Waals surface area contributed by atoms with E-state index in [1.54, 1.807) is 0 Å². The Morgan fingerprint density at radius 1 is 1.44 bits per heavy atom. The summed E-state index contributed by atoms with van der Waals surface area (Å²) < 4.78 is 2.30. The van der Waals surface area contributed by atoms with E-state index in [-0.39, 0.29) is 0 Å². The van der Waals surface area contributed by atoms with Gasteiger partial charge in [0.05, 0.1) is 0 Å². The van der Waals surface area contributed by atoms with E-state index in [1.165, 1.54) is 25.7 Å². The van der Waals surface area contributed by atoms with Gasteiger partial charge in [-0.15, -0.1) is 0 Å². The first-order valence-corrected chi connectivity index (χ1v) is 4.87. The summed E-state index contributed by atoms with van der Waals surface area (Å²) in [6, 6.07) is 0. The summed E-state index contributed by atoms with van der Waals surface area (Å²) in [5, 5.41) is 0. The van der Waals surface area contributed by atoms with Gasteiger partial charge in [-0.1, -0.05) is 12.8 Å². The first-order valence-electron chi connectivity index (χ1n) is 3.17. The molecular weight excluding hydrogens is 168 g/mol.